The van der Waals surface area contributed by atoms with Gasteiger partial charge >= 0.3 is 0 Å². The van der Waals surface area contributed by atoms with Crippen molar-refractivity contribution in [1.29, 1.82) is 0 Å². The van der Waals surface area contributed by atoms with Gasteiger partial charge in [0.15, 0.2) is 0 Å². The molecule has 2 nitrogen and oxygen atoms in total. The van der Waals surface area contributed by atoms with E-state index in [4.69, 9.17) is 11.6 Å². The van der Waals surface area contributed by atoms with E-state index in [-0.39, 0.29) is 31.0 Å². The summed E-state index contributed by atoms with van der Waals surface area (Å²) in [5.74, 6) is 0. The Morgan fingerprint density at radius 2 is 1.73 bits per heavy atom. The number of rotatable bonds is 2. The topological polar surface area (TPSA) is 38.2 Å². The van der Waals surface area contributed by atoms with Crippen molar-refractivity contribution in [2.45, 2.75) is 13.3 Å². The van der Waals surface area contributed by atoms with Gasteiger partial charge < -0.3 is 11.1 Å². The van der Waals surface area contributed by atoms with Crippen molar-refractivity contribution in [3.8, 4) is 0 Å². The maximum Gasteiger partial charge on any atom is 0.0458 e. The molecule has 3 N–H and O–H groups in total. The highest BCUT2D eigenvalue weighted by Crippen LogP contribution is 2.22. The highest BCUT2D eigenvalue weighted by atomic mass is 35.5. The van der Waals surface area contributed by atoms with Crippen LogP contribution in [0.15, 0.2) is 18.2 Å². The van der Waals surface area contributed by atoms with Crippen LogP contribution in [0.4, 0.5) is 5.69 Å². The molecule has 0 spiro atoms. The largest absolute Gasteiger partial charge is 0.378 e. The summed E-state index contributed by atoms with van der Waals surface area (Å²) in [4.78, 5) is 2.05. The Morgan fingerprint density at radius 3 is 2.07 bits per heavy atom. The molecule has 1 aromatic carbocycles. The maximum atomic E-state index is 6.05. The lowest BCUT2D eigenvalue weighted by molar-refractivity contribution is 1.11. The SMILES string of the molecule is CCc1ccc(N(C)C)cc1Cl.Cl.Cl.N. The molecule has 0 aliphatic heterocycles. The Balaban J connectivity index is -0.000000480. The number of hydrogen-bond acceptors (Lipinski definition) is 2. The number of hydrogen-bond donors (Lipinski definition) is 1. The summed E-state index contributed by atoms with van der Waals surface area (Å²) in [6.07, 6.45) is 0.993. The predicted molar refractivity (Wildman–Crippen MR) is 74.7 cm³/mol. The molecule has 0 heterocycles. The number of anilines is 1. The van der Waals surface area contributed by atoms with Crippen LogP contribution in [-0.2, 0) is 6.42 Å². The summed E-state index contributed by atoms with van der Waals surface area (Å²) in [6.45, 7) is 2.11. The van der Waals surface area contributed by atoms with Crippen LogP contribution in [0.25, 0.3) is 0 Å². The Labute approximate surface area is 109 Å². The number of benzene rings is 1. The van der Waals surface area contributed by atoms with Crippen molar-refractivity contribution in [2.24, 2.45) is 0 Å². The third-order valence-corrected chi connectivity index (χ3v) is 2.29. The molecule has 0 atom stereocenters. The van der Waals surface area contributed by atoms with Crippen LogP contribution in [-0.4, -0.2) is 14.1 Å². The molecule has 0 radical (unpaired) electrons. The molecule has 90 valence electrons. The van der Waals surface area contributed by atoms with E-state index in [0.29, 0.717) is 0 Å². The van der Waals surface area contributed by atoms with Crippen molar-refractivity contribution in [3.05, 3.63) is 28.8 Å². The zero-order valence-electron chi connectivity index (χ0n) is 9.29. The monoisotopic (exact) mass is 272 g/mol. The zero-order valence-corrected chi connectivity index (χ0v) is 11.7. The van der Waals surface area contributed by atoms with Gasteiger partial charge in [-0.2, -0.15) is 0 Å². The van der Waals surface area contributed by atoms with Crippen molar-refractivity contribution >= 4 is 42.1 Å². The van der Waals surface area contributed by atoms with Crippen LogP contribution < -0.4 is 11.1 Å². The van der Waals surface area contributed by atoms with Crippen LogP contribution >= 0.6 is 36.4 Å². The van der Waals surface area contributed by atoms with Crippen LogP contribution in [0.2, 0.25) is 5.02 Å². The van der Waals surface area contributed by atoms with Crippen LogP contribution in [0.3, 0.4) is 0 Å². The molecule has 0 fully saturated rings. The average molecular weight is 274 g/mol. The van der Waals surface area contributed by atoms with E-state index in [0.717, 1.165) is 17.1 Å². The number of nitrogens with zero attached hydrogens (tertiary/aromatic N) is 1. The molecule has 0 bridgehead atoms. The van der Waals surface area contributed by atoms with Crippen LogP contribution in [0.1, 0.15) is 12.5 Å². The van der Waals surface area contributed by atoms with Gasteiger partial charge in [0.2, 0.25) is 0 Å². The first-order valence-corrected chi connectivity index (χ1v) is 4.48. The molecule has 0 saturated heterocycles. The van der Waals surface area contributed by atoms with Gasteiger partial charge in [-0.1, -0.05) is 24.6 Å². The minimum absolute atomic E-state index is 0. The standard InChI is InChI=1S/C10H14ClN.2ClH.H3N/c1-4-8-5-6-9(12(2)3)7-10(8)11;;;/h5-7H,4H2,1-3H3;2*1H;1H3. The van der Waals surface area contributed by atoms with Gasteiger partial charge in [-0.05, 0) is 24.1 Å². The van der Waals surface area contributed by atoms with Gasteiger partial charge in [0.05, 0.1) is 0 Å². The lowest BCUT2D eigenvalue weighted by atomic mass is 10.1. The summed E-state index contributed by atoms with van der Waals surface area (Å²) in [5, 5.41) is 0.865. The van der Waals surface area contributed by atoms with Crippen LogP contribution in [0, 0.1) is 0 Å². The van der Waals surface area contributed by atoms with E-state index in [1.54, 1.807) is 0 Å². The summed E-state index contributed by atoms with van der Waals surface area (Å²) in [5.41, 5.74) is 2.36. The first-order valence-electron chi connectivity index (χ1n) is 4.11. The molecule has 0 amide bonds. The van der Waals surface area contributed by atoms with Gasteiger partial charge in [0.1, 0.15) is 0 Å². The lowest BCUT2D eigenvalue weighted by Gasteiger charge is -2.13. The summed E-state index contributed by atoms with van der Waals surface area (Å²) < 4.78 is 0. The lowest BCUT2D eigenvalue weighted by Crippen LogP contribution is -2.08. The molecule has 5 heteroatoms. The molecule has 1 rings (SSSR count). The average Bonchev–Trinajstić information content (AvgIpc) is 2.04. The molecule has 0 aliphatic rings. The van der Waals surface area contributed by atoms with Crippen LogP contribution in [0.5, 0.6) is 0 Å². The second-order valence-electron chi connectivity index (χ2n) is 3.02. The first kappa shape index (κ1) is 20.3. The fraction of sp³-hybridized carbons (Fsp3) is 0.400. The number of halogens is 3. The Hall–Kier alpha value is -0.150. The quantitative estimate of drug-likeness (QED) is 0.885. The van der Waals surface area contributed by atoms with E-state index in [1.165, 1.54) is 5.56 Å². The van der Waals surface area contributed by atoms with Gasteiger partial charge in [-0.15, -0.1) is 24.8 Å². The van der Waals surface area contributed by atoms with Gasteiger partial charge in [-0.25, -0.2) is 0 Å². The Kier molecular flexibility index (Phi) is 12.3. The molecular weight excluding hydrogens is 254 g/mol. The molecule has 0 saturated carbocycles. The second-order valence-corrected chi connectivity index (χ2v) is 3.43. The van der Waals surface area contributed by atoms with E-state index < -0.39 is 0 Å². The molecule has 1 aromatic rings. The fourth-order valence-electron chi connectivity index (χ4n) is 1.10. The van der Waals surface area contributed by atoms with Crippen molar-refractivity contribution in [3.63, 3.8) is 0 Å². The fourth-order valence-corrected chi connectivity index (χ4v) is 1.41. The van der Waals surface area contributed by atoms with E-state index in [1.807, 2.05) is 25.1 Å². The zero-order chi connectivity index (χ0) is 9.14. The highest BCUT2D eigenvalue weighted by Gasteiger charge is 2.00. The normalized spacial score (nSPS) is 8.00. The molecule has 0 unspecified atom stereocenters. The highest BCUT2D eigenvalue weighted by molar-refractivity contribution is 6.31. The van der Waals surface area contributed by atoms with E-state index in [2.05, 4.69) is 19.1 Å². The predicted octanol–water partition coefficient (Wildman–Crippen LogP) is 3.97. The molecule has 0 aromatic heterocycles. The van der Waals surface area contributed by atoms with Gasteiger partial charge in [0, 0.05) is 24.8 Å². The Morgan fingerprint density at radius 1 is 1.20 bits per heavy atom. The first-order chi connectivity index (χ1) is 5.65. The van der Waals surface area contributed by atoms with Crippen molar-refractivity contribution in [1.82, 2.24) is 6.15 Å². The summed E-state index contributed by atoms with van der Waals surface area (Å²) >= 11 is 6.05. The summed E-state index contributed by atoms with van der Waals surface area (Å²) in [7, 11) is 4.02. The third-order valence-electron chi connectivity index (χ3n) is 1.93. The minimum atomic E-state index is 0. The minimum Gasteiger partial charge on any atom is -0.378 e. The third kappa shape index (κ3) is 5.47. The summed E-state index contributed by atoms with van der Waals surface area (Å²) in [6, 6.07) is 6.17. The van der Waals surface area contributed by atoms with Crippen molar-refractivity contribution in [2.75, 3.05) is 19.0 Å². The second kappa shape index (κ2) is 9.10. The van der Waals surface area contributed by atoms with Crippen molar-refractivity contribution < 1.29 is 0 Å². The molecule has 15 heavy (non-hydrogen) atoms. The smallest absolute Gasteiger partial charge is 0.0458 e. The van der Waals surface area contributed by atoms with E-state index in [9.17, 15) is 0 Å². The van der Waals surface area contributed by atoms with Gasteiger partial charge in [0.25, 0.3) is 0 Å². The molecular formula is C10H19Cl3N2. The Bertz CT molecular complexity index is 277. The maximum absolute atomic E-state index is 6.05. The van der Waals surface area contributed by atoms with E-state index >= 15 is 0 Å². The molecule has 0 aliphatic carbocycles. The number of aryl methyl sites for hydroxylation is 1. The van der Waals surface area contributed by atoms with Gasteiger partial charge in [-0.3, -0.25) is 0 Å².